The maximum absolute atomic E-state index is 11.7. The van der Waals surface area contributed by atoms with E-state index in [1.807, 2.05) is 24.3 Å². The molecular formula is C11H11N3O2. The van der Waals surface area contributed by atoms with E-state index >= 15 is 0 Å². The maximum Gasteiger partial charge on any atom is 0.351 e. The van der Waals surface area contributed by atoms with Gasteiger partial charge in [0.25, 0.3) is 0 Å². The van der Waals surface area contributed by atoms with E-state index in [0.29, 0.717) is 6.61 Å². The number of ether oxygens (including phenoxy) is 1. The number of carbonyl (C=O) groups excluding carboxylic acids is 1. The van der Waals surface area contributed by atoms with E-state index in [0.717, 1.165) is 11.3 Å². The molecular weight excluding hydrogens is 206 g/mol. The zero-order valence-electron chi connectivity index (χ0n) is 8.80. The molecule has 5 heteroatoms. The summed E-state index contributed by atoms with van der Waals surface area (Å²) in [6.07, 6.45) is 0. The summed E-state index contributed by atoms with van der Waals surface area (Å²) in [6.45, 7) is 2.04. The minimum Gasteiger partial charge on any atom is -0.497 e. The highest BCUT2D eigenvalue weighted by atomic mass is 16.5. The summed E-state index contributed by atoms with van der Waals surface area (Å²) < 4.78 is 4.94. The molecule has 5 nitrogen and oxygen atoms in total. The highest BCUT2D eigenvalue weighted by Gasteiger charge is 2.42. The normalized spacial score (nSPS) is 17.3. The molecule has 0 saturated heterocycles. The maximum atomic E-state index is 11.7. The van der Waals surface area contributed by atoms with E-state index in [1.165, 1.54) is 0 Å². The monoisotopic (exact) mass is 217 g/mol. The molecule has 1 aromatic rings. The number of hydrogen-bond donors (Lipinski definition) is 1. The van der Waals surface area contributed by atoms with Crippen molar-refractivity contribution in [3.8, 4) is 0 Å². The number of esters is 1. The number of benzene rings is 1. The summed E-state index contributed by atoms with van der Waals surface area (Å²) in [6, 6.07) is 7.29. The van der Waals surface area contributed by atoms with Gasteiger partial charge in [-0.3, -0.25) is 4.79 Å². The van der Waals surface area contributed by atoms with E-state index in [9.17, 15) is 4.79 Å². The average molecular weight is 217 g/mol. The van der Waals surface area contributed by atoms with Crippen LogP contribution in [0.5, 0.6) is 0 Å². The van der Waals surface area contributed by atoms with Gasteiger partial charge >= 0.3 is 11.8 Å². The molecule has 0 fully saturated rings. The second-order valence-electron chi connectivity index (χ2n) is 3.38. The van der Waals surface area contributed by atoms with Crippen molar-refractivity contribution in [2.24, 2.45) is 0 Å². The van der Waals surface area contributed by atoms with E-state index in [2.05, 4.69) is 10.1 Å². The van der Waals surface area contributed by atoms with Crippen LogP contribution in [0.1, 0.15) is 18.4 Å². The second kappa shape index (κ2) is 4.16. The number of nitrogens with zero attached hydrogens (tertiary/aromatic N) is 2. The van der Waals surface area contributed by atoms with Crippen molar-refractivity contribution in [1.82, 2.24) is 0 Å². The SMILES string of the molecule is CCOC(=O)C1C(=[N+]=[N-])Nc2ccccc21. The molecule has 0 amide bonds. The molecule has 1 atom stereocenters. The van der Waals surface area contributed by atoms with Gasteiger partial charge in [-0.2, -0.15) is 0 Å². The van der Waals surface area contributed by atoms with E-state index < -0.39 is 11.9 Å². The zero-order chi connectivity index (χ0) is 11.5. The van der Waals surface area contributed by atoms with Crippen LogP contribution in [0.25, 0.3) is 5.53 Å². The Morgan fingerprint density at radius 1 is 1.56 bits per heavy atom. The summed E-state index contributed by atoms with van der Waals surface area (Å²) in [7, 11) is 0. The third-order valence-corrected chi connectivity index (χ3v) is 2.44. The Balaban J connectivity index is 2.42. The number of para-hydroxylation sites is 1. The Labute approximate surface area is 92.7 Å². The summed E-state index contributed by atoms with van der Waals surface area (Å²) in [5.41, 5.74) is 10.4. The van der Waals surface area contributed by atoms with Crippen LogP contribution in [-0.2, 0) is 9.53 Å². The van der Waals surface area contributed by atoms with E-state index in [4.69, 9.17) is 10.3 Å². The van der Waals surface area contributed by atoms with E-state index in [1.54, 1.807) is 6.92 Å². The summed E-state index contributed by atoms with van der Waals surface area (Å²) in [5, 5.41) is 2.87. The molecule has 0 spiro atoms. The number of rotatable bonds is 2. The summed E-state index contributed by atoms with van der Waals surface area (Å²) in [4.78, 5) is 14.8. The lowest BCUT2D eigenvalue weighted by molar-refractivity contribution is -0.143. The van der Waals surface area contributed by atoms with Gasteiger partial charge in [-0.05, 0) is 13.0 Å². The third-order valence-electron chi connectivity index (χ3n) is 2.44. The summed E-state index contributed by atoms with van der Waals surface area (Å²) in [5.74, 6) is -0.853. The molecule has 2 rings (SSSR count). The average Bonchev–Trinajstić information content (AvgIpc) is 2.67. The Morgan fingerprint density at radius 3 is 3.00 bits per heavy atom. The van der Waals surface area contributed by atoms with Crippen molar-refractivity contribution in [2.75, 3.05) is 11.9 Å². The molecule has 1 aromatic carbocycles. The fourth-order valence-electron chi connectivity index (χ4n) is 1.77. The van der Waals surface area contributed by atoms with Crippen LogP contribution in [0.4, 0.5) is 5.69 Å². The lowest BCUT2D eigenvalue weighted by Gasteiger charge is -2.05. The smallest absolute Gasteiger partial charge is 0.351 e. The third kappa shape index (κ3) is 1.57. The van der Waals surface area contributed by atoms with Gasteiger partial charge in [-0.25, -0.2) is 5.32 Å². The topological polar surface area (TPSA) is 74.7 Å². The highest BCUT2D eigenvalue weighted by Crippen LogP contribution is 2.32. The van der Waals surface area contributed by atoms with Gasteiger partial charge in [0.1, 0.15) is 5.69 Å². The molecule has 16 heavy (non-hydrogen) atoms. The Hall–Kier alpha value is -2.13. The molecule has 0 bridgehead atoms. The second-order valence-corrected chi connectivity index (χ2v) is 3.38. The van der Waals surface area contributed by atoms with Crippen LogP contribution >= 0.6 is 0 Å². The molecule has 0 saturated carbocycles. The molecule has 1 heterocycles. The van der Waals surface area contributed by atoms with Gasteiger partial charge in [-0.15, -0.1) is 0 Å². The quantitative estimate of drug-likeness (QED) is 0.462. The van der Waals surface area contributed by atoms with Crippen molar-refractivity contribution in [3.63, 3.8) is 0 Å². The first-order valence-electron chi connectivity index (χ1n) is 5.02. The standard InChI is InChI=1S/C11H11N3O2/c1-2-16-11(15)9-7-5-3-4-6-8(7)13-10(9)14-12/h3-6,9,13H,2H2,1H3. The van der Waals surface area contributed by atoms with Gasteiger partial charge in [0.2, 0.25) is 5.92 Å². The van der Waals surface area contributed by atoms with Crippen molar-refractivity contribution in [1.29, 1.82) is 0 Å². The minimum atomic E-state index is -0.652. The van der Waals surface area contributed by atoms with Crippen LogP contribution in [0.15, 0.2) is 24.3 Å². The number of nitrogens with one attached hydrogen (secondary N) is 1. The number of anilines is 1. The van der Waals surface area contributed by atoms with Crippen LogP contribution in [-0.4, -0.2) is 23.2 Å². The van der Waals surface area contributed by atoms with Crippen molar-refractivity contribution in [3.05, 3.63) is 35.4 Å². The fourth-order valence-corrected chi connectivity index (χ4v) is 1.77. The Morgan fingerprint density at radius 2 is 2.31 bits per heavy atom. The number of fused-ring (bicyclic) bond motifs is 1. The number of amidine groups is 1. The Bertz CT molecular complexity index is 478. The van der Waals surface area contributed by atoms with Gasteiger partial charge in [0.05, 0.1) is 6.61 Å². The molecule has 1 N–H and O–H groups in total. The summed E-state index contributed by atoms with van der Waals surface area (Å²) >= 11 is 0. The molecule has 0 radical (unpaired) electrons. The minimum absolute atomic E-state index is 0.208. The molecule has 1 unspecified atom stereocenters. The van der Waals surface area contributed by atoms with Gasteiger partial charge < -0.3 is 15.1 Å². The van der Waals surface area contributed by atoms with E-state index in [-0.39, 0.29) is 5.84 Å². The molecule has 1 aliphatic heterocycles. The fraction of sp³-hybridized carbons (Fsp3) is 0.273. The first kappa shape index (κ1) is 10.4. The molecule has 0 aromatic heterocycles. The first-order chi connectivity index (χ1) is 7.77. The lowest BCUT2D eigenvalue weighted by atomic mass is 10.0. The van der Waals surface area contributed by atoms with Crippen LogP contribution < -0.4 is 5.32 Å². The molecule has 1 aliphatic rings. The van der Waals surface area contributed by atoms with Crippen molar-refractivity contribution in [2.45, 2.75) is 12.8 Å². The predicted molar refractivity (Wildman–Crippen MR) is 58.1 cm³/mol. The highest BCUT2D eigenvalue weighted by molar-refractivity contribution is 6.15. The van der Waals surface area contributed by atoms with Crippen molar-refractivity contribution < 1.29 is 14.3 Å². The predicted octanol–water partition coefficient (Wildman–Crippen LogP) is 1.39. The first-order valence-corrected chi connectivity index (χ1v) is 5.02. The van der Waals surface area contributed by atoms with Gasteiger partial charge in [-0.1, -0.05) is 18.2 Å². The van der Waals surface area contributed by atoms with Gasteiger partial charge in [0.15, 0.2) is 0 Å². The van der Waals surface area contributed by atoms with Crippen LogP contribution in [0, 0.1) is 0 Å². The molecule has 82 valence electrons. The number of carbonyl (C=O) groups is 1. The number of hydrogen-bond acceptors (Lipinski definition) is 2. The van der Waals surface area contributed by atoms with Crippen LogP contribution in [0.3, 0.4) is 0 Å². The zero-order valence-corrected chi connectivity index (χ0v) is 8.80. The van der Waals surface area contributed by atoms with Crippen LogP contribution in [0.2, 0.25) is 0 Å². The molecule has 0 aliphatic carbocycles. The lowest BCUT2D eigenvalue weighted by Crippen LogP contribution is -2.24. The van der Waals surface area contributed by atoms with Gasteiger partial charge in [0, 0.05) is 5.56 Å². The largest absolute Gasteiger partial charge is 0.497 e. The van der Waals surface area contributed by atoms with Crippen molar-refractivity contribution >= 4 is 17.5 Å². The Kier molecular flexibility index (Phi) is 2.70.